The number of hydrogen-bond donors (Lipinski definition) is 3. The van der Waals surface area contributed by atoms with Crippen molar-refractivity contribution >= 4 is 12.1 Å². The zero-order valence-corrected chi connectivity index (χ0v) is 15.7. The van der Waals surface area contributed by atoms with Crippen LogP contribution in [0.4, 0.5) is 4.79 Å². The fourth-order valence-corrected chi connectivity index (χ4v) is 1.68. The molecule has 0 aromatic heterocycles. The van der Waals surface area contributed by atoms with Gasteiger partial charge in [0.15, 0.2) is 5.96 Å². The van der Waals surface area contributed by atoms with Gasteiger partial charge in [-0.25, -0.2) is 4.79 Å². The Bertz CT molecular complexity index is 409. The van der Waals surface area contributed by atoms with Crippen LogP contribution in [0.3, 0.4) is 0 Å². The Kier molecular flexibility index (Phi) is 9.37. The first-order valence-corrected chi connectivity index (χ1v) is 8.24. The molecule has 6 nitrogen and oxygen atoms in total. The highest BCUT2D eigenvalue weighted by molar-refractivity contribution is 5.79. The third-order valence-electron chi connectivity index (χ3n) is 2.66. The van der Waals surface area contributed by atoms with Crippen molar-refractivity contribution in [3.05, 3.63) is 12.2 Å². The zero-order chi connectivity index (χ0) is 17.9. The summed E-state index contributed by atoms with van der Waals surface area (Å²) in [5.41, 5.74) is -0.999. The van der Waals surface area contributed by atoms with Crippen LogP contribution in [0.2, 0.25) is 0 Å². The number of nitrogens with zero attached hydrogens (tertiary/aromatic N) is 1. The minimum Gasteiger partial charge on any atom is -0.444 e. The average Bonchev–Trinajstić information content (AvgIpc) is 2.37. The van der Waals surface area contributed by atoms with Crippen molar-refractivity contribution < 1.29 is 9.53 Å². The highest BCUT2D eigenvalue weighted by atomic mass is 16.6. The highest BCUT2D eigenvalue weighted by Crippen LogP contribution is 2.09. The molecule has 1 amide bonds. The number of ether oxygens (including phenoxy) is 1. The first-order valence-electron chi connectivity index (χ1n) is 8.24. The third-order valence-corrected chi connectivity index (χ3v) is 2.66. The molecular formula is C17H34N4O2. The van der Waals surface area contributed by atoms with Crippen molar-refractivity contribution in [1.82, 2.24) is 16.0 Å². The van der Waals surface area contributed by atoms with Crippen molar-refractivity contribution in [2.75, 3.05) is 19.6 Å². The number of carbonyl (C=O) groups excluding carboxylic acids is 1. The third kappa shape index (κ3) is 12.5. The number of allylic oxidation sites excluding steroid dienone is 1. The summed E-state index contributed by atoms with van der Waals surface area (Å²) in [5, 5.41) is 9.31. The lowest BCUT2D eigenvalue weighted by atomic mass is 10.1. The molecule has 0 heterocycles. The van der Waals surface area contributed by atoms with Gasteiger partial charge in [-0.1, -0.05) is 12.2 Å². The topological polar surface area (TPSA) is 74.8 Å². The lowest BCUT2D eigenvalue weighted by Crippen LogP contribution is -2.48. The van der Waals surface area contributed by atoms with E-state index in [0.717, 1.165) is 25.5 Å². The number of alkyl carbamates (subject to hydrolysis) is 1. The minimum absolute atomic E-state index is 0.427. The maximum absolute atomic E-state index is 11.9. The molecule has 0 saturated carbocycles. The van der Waals surface area contributed by atoms with Crippen molar-refractivity contribution in [1.29, 1.82) is 0 Å². The standard InChI is InChI=1S/C17H34N4O2/c1-8-10-11-12-19-14(18-9-2)20-13-17(6,7)21-15(22)23-16(3,4)5/h8,10H,9,11-13H2,1-7H3,(H,21,22)(H2,18,19,20)/b10-8+. The summed E-state index contributed by atoms with van der Waals surface area (Å²) in [6.45, 7) is 15.4. The normalized spacial score (nSPS) is 13.1. The van der Waals surface area contributed by atoms with Crippen LogP contribution >= 0.6 is 0 Å². The monoisotopic (exact) mass is 326 g/mol. The fourth-order valence-electron chi connectivity index (χ4n) is 1.68. The Morgan fingerprint density at radius 2 is 1.83 bits per heavy atom. The molecule has 6 heteroatoms. The Morgan fingerprint density at radius 3 is 2.35 bits per heavy atom. The van der Waals surface area contributed by atoms with Crippen molar-refractivity contribution in [2.24, 2.45) is 4.99 Å². The molecule has 0 bridgehead atoms. The molecule has 23 heavy (non-hydrogen) atoms. The van der Waals surface area contributed by atoms with E-state index in [1.807, 2.05) is 54.5 Å². The van der Waals surface area contributed by atoms with E-state index in [9.17, 15) is 4.79 Å². The fraction of sp³-hybridized carbons (Fsp3) is 0.765. The summed E-state index contributed by atoms with van der Waals surface area (Å²) in [6, 6.07) is 0. The van der Waals surface area contributed by atoms with Crippen LogP contribution in [0.15, 0.2) is 17.1 Å². The van der Waals surface area contributed by atoms with Crippen LogP contribution < -0.4 is 16.0 Å². The summed E-state index contributed by atoms with van der Waals surface area (Å²) in [6.07, 6.45) is 4.65. The highest BCUT2D eigenvalue weighted by Gasteiger charge is 2.24. The van der Waals surface area contributed by atoms with Gasteiger partial charge in [0.05, 0.1) is 12.1 Å². The predicted molar refractivity (Wildman–Crippen MR) is 96.9 cm³/mol. The SMILES string of the molecule is C/C=C/CCNC(=NCC(C)(C)NC(=O)OC(C)(C)C)NCC. The van der Waals surface area contributed by atoms with Crippen LogP contribution in [0, 0.1) is 0 Å². The Balaban J connectivity index is 4.53. The molecule has 0 aliphatic heterocycles. The molecule has 3 N–H and O–H groups in total. The van der Waals surface area contributed by atoms with Gasteiger partial charge in [-0.05, 0) is 54.9 Å². The summed E-state index contributed by atoms with van der Waals surface area (Å²) in [7, 11) is 0. The van der Waals surface area contributed by atoms with Crippen LogP contribution in [0.1, 0.15) is 54.9 Å². The van der Waals surface area contributed by atoms with Gasteiger partial charge in [0.2, 0.25) is 0 Å². The van der Waals surface area contributed by atoms with Crippen molar-refractivity contribution in [2.45, 2.75) is 66.0 Å². The van der Waals surface area contributed by atoms with Gasteiger partial charge >= 0.3 is 6.09 Å². The average molecular weight is 326 g/mol. The molecule has 0 aliphatic rings. The second-order valence-electron chi connectivity index (χ2n) is 6.99. The first kappa shape index (κ1) is 21.3. The molecule has 134 valence electrons. The zero-order valence-electron chi connectivity index (χ0n) is 15.7. The van der Waals surface area contributed by atoms with E-state index < -0.39 is 17.2 Å². The molecule has 0 saturated heterocycles. The van der Waals surface area contributed by atoms with E-state index in [1.165, 1.54) is 0 Å². The van der Waals surface area contributed by atoms with E-state index in [4.69, 9.17) is 4.74 Å². The van der Waals surface area contributed by atoms with Gasteiger partial charge in [0, 0.05) is 13.1 Å². The van der Waals surface area contributed by atoms with Gasteiger partial charge in [0.25, 0.3) is 0 Å². The van der Waals surface area contributed by atoms with Gasteiger partial charge in [-0.2, -0.15) is 0 Å². The smallest absolute Gasteiger partial charge is 0.408 e. The Labute approximate surface area is 141 Å². The quantitative estimate of drug-likeness (QED) is 0.291. The molecule has 0 spiro atoms. The first-order chi connectivity index (χ1) is 10.6. The largest absolute Gasteiger partial charge is 0.444 e. The molecule has 0 unspecified atom stereocenters. The maximum atomic E-state index is 11.9. The van der Waals surface area contributed by atoms with Crippen LogP contribution in [-0.2, 0) is 4.74 Å². The number of nitrogens with one attached hydrogen (secondary N) is 3. The summed E-state index contributed by atoms with van der Waals surface area (Å²) >= 11 is 0. The molecule has 0 atom stereocenters. The minimum atomic E-state index is -0.507. The summed E-state index contributed by atoms with van der Waals surface area (Å²) < 4.78 is 5.28. The summed E-state index contributed by atoms with van der Waals surface area (Å²) in [4.78, 5) is 16.4. The number of carbonyl (C=O) groups is 1. The van der Waals surface area contributed by atoms with Gasteiger partial charge < -0.3 is 20.7 Å². The molecule has 0 aliphatic carbocycles. The van der Waals surface area contributed by atoms with Crippen LogP contribution in [-0.4, -0.2) is 42.8 Å². The van der Waals surface area contributed by atoms with Gasteiger partial charge in [0.1, 0.15) is 5.60 Å². The van der Waals surface area contributed by atoms with Crippen LogP contribution in [0.5, 0.6) is 0 Å². The molecular weight excluding hydrogens is 292 g/mol. The van der Waals surface area contributed by atoms with Crippen molar-refractivity contribution in [3.63, 3.8) is 0 Å². The van der Waals surface area contributed by atoms with E-state index in [-0.39, 0.29) is 0 Å². The lowest BCUT2D eigenvalue weighted by Gasteiger charge is -2.27. The number of amides is 1. The molecule has 0 aromatic carbocycles. The van der Waals surface area contributed by atoms with E-state index in [0.29, 0.717) is 6.54 Å². The van der Waals surface area contributed by atoms with Crippen LogP contribution in [0.25, 0.3) is 0 Å². The Morgan fingerprint density at radius 1 is 1.17 bits per heavy atom. The molecule has 0 aromatic rings. The lowest BCUT2D eigenvalue weighted by molar-refractivity contribution is 0.0476. The van der Waals surface area contributed by atoms with E-state index >= 15 is 0 Å². The van der Waals surface area contributed by atoms with Gasteiger partial charge in [-0.3, -0.25) is 4.99 Å². The number of rotatable bonds is 7. The van der Waals surface area contributed by atoms with Gasteiger partial charge in [-0.15, -0.1) is 0 Å². The second kappa shape index (κ2) is 10.1. The predicted octanol–water partition coefficient (Wildman–Crippen LogP) is 2.81. The molecule has 0 fully saturated rings. The van der Waals surface area contributed by atoms with Crippen molar-refractivity contribution in [3.8, 4) is 0 Å². The van der Waals surface area contributed by atoms with E-state index in [2.05, 4.69) is 27.0 Å². The van der Waals surface area contributed by atoms with E-state index in [1.54, 1.807) is 0 Å². The molecule has 0 rings (SSSR count). The summed E-state index contributed by atoms with van der Waals surface area (Å²) in [5.74, 6) is 0.746. The number of guanidine groups is 1. The Hall–Kier alpha value is -1.72. The number of aliphatic imine (C=N–C) groups is 1. The second-order valence-corrected chi connectivity index (χ2v) is 6.99. The molecule has 0 radical (unpaired) electrons. The number of hydrogen-bond acceptors (Lipinski definition) is 3. The maximum Gasteiger partial charge on any atom is 0.408 e.